The van der Waals surface area contributed by atoms with Crippen molar-refractivity contribution in [1.82, 2.24) is 19.9 Å². The first-order valence-electron chi connectivity index (χ1n) is 28.0. The van der Waals surface area contributed by atoms with E-state index in [2.05, 4.69) is 239 Å². The minimum Gasteiger partial charge on any atom is -0.399 e. The molecular formula is C74H60BClN4O2. The third kappa shape index (κ3) is 9.89. The smallest absolute Gasteiger partial charge is 0.399 e. The molecule has 14 aromatic rings. The Morgan fingerprint density at radius 3 is 1.23 bits per heavy atom. The molecule has 0 spiro atoms. The first-order chi connectivity index (χ1) is 39.6. The highest BCUT2D eigenvalue weighted by molar-refractivity contribution is 6.62. The van der Waals surface area contributed by atoms with E-state index in [0.29, 0.717) is 0 Å². The molecule has 1 aliphatic rings. The molecule has 15 rings (SSSR count). The topological polar surface area (TPSA) is 70.0 Å². The van der Waals surface area contributed by atoms with Gasteiger partial charge in [-0.15, -0.1) is 0 Å². The summed E-state index contributed by atoms with van der Waals surface area (Å²) in [7, 11) is -0.322. The predicted molar refractivity (Wildman–Crippen MR) is 347 cm³/mol. The molecule has 8 heteroatoms. The second kappa shape index (κ2) is 20.9. The highest BCUT2D eigenvalue weighted by Gasteiger charge is 2.51. The molecule has 398 valence electrons. The summed E-state index contributed by atoms with van der Waals surface area (Å²) in [5.41, 5.74) is 15.3. The molecule has 0 saturated carbocycles. The van der Waals surface area contributed by atoms with Gasteiger partial charge in [-0.25, -0.2) is 0 Å². The number of hydrogen-bond acceptors (Lipinski definition) is 6. The Labute approximate surface area is 483 Å². The minimum absolute atomic E-state index is 0.322. The fraction of sp³-hybridized carbons (Fsp3) is 0.135. The molecule has 6 nitrogen and oxygen atoms in total. The number of halogens is 1. The third-order valence-corrected chi connectivity index (χ3v) is 16.9. The number of rotatable bonds is 4. The maximum atomic E-state index is 6.23. The van der Waals surface area contributed by atoms with Crippen molar-refractivity contribution in [3.05, 3.63) is 246 Å². The Balaban J connectivity index is 0.000000123. The monoisotopic (exact) mass is 1080 g/mol. The summed E-state index contributed by atoms with van der Waals surface area (Å²) in [6.45, 7) is 16.4. The predicted octanol–water partition coefficient (Wildman–Crippen LogP) is 19.1. The fourth-order valence-electron chi connectivity index (χ4n) is 11.4. The molecule has 0 radical (unpaired) electrons. The lowest BCUT2D eigenvalue weighted by Gasteiger charge is -2.32. The molecule has 1 saturated heterocycles. The zero-order valence-electron chi connectivity index (χ0n) is 47.3. The van der Waals surface area contributed by atoms with Crippen LogP contribution >= 0.6 is 11.6 Å². The van der Waals surface area contributed by atoms with Crippen molar-refractivity contribution in [2.24, 2.45) is 0 Å². The lowest BCUT2D eigenvalue weighted by atomic mass is 9.78. The van der Waals surface area contributed by atoms with Gasteiger partial charge >= 0.3 is 7.12 Å². The number of pyridine rings is 4. The Morgan fingerprint density at radius 2 is 0.695 bits per heavy atom. The van der Waals surface area contributed by atoms with E-state index in [1.807, 2.05) is 45.0 Å². The van der Waals surface area contributed by atoms with E-state index in [-0.39, 0.29) is 18.3 Å². The standard InChI is InChI=1S/C34H24N2.C26H25BO2.C14H11ClN2/c1-21-7-8-26-15-18-31-32(19-22(2)36-34(31)33(26)35-21)25-11-9-23(10-12-25)27-16-17-30-28(20-27)14-13-24-5-3-4-6-29(24)30;1-25(2)26(3,4)29-27(28-25)22-14-11-18(12-15-22)20-13-16-24-21(17-20)10-9-19-7-5-6-8-23(19)24;1-8-3-4-10-5-6-11-12(15)7-9(2)17-14(11)13(10)16-8/h3-20H,1-2H3;5-17H,1-4H3;3-7H,1-2H3. The number of aromatic nitrogens is 4. The molecule has 0 atom stereocenters. The summed E-state index contributed by atoms with van der Waals surface area (Å²) >= 11 is 6.23. The van der Waals surface area contributed by atoms with Crippen molar-refractivity contribution in [2.45, 2.75) is 66.6 Å². The minimum atomic E-state index is -0.322. The average molecular weight is 1080 g/mol. The Kier molecular flexibility index (Phi) is 13.4. The summed E-state index contributed by atoms with van der Waals surface area (Å²) in [4.78, 5) is 18.8. The number of hydrogen-bond donors (Lipinski definition) is 0. The number of aryl methyl sites for hydroxylation is 4. The van der Waals surface area contributed by atoms with Crippen LogP contribution in [0.25, 0.3) is 120 Å². The van der Waals surface area contributed by atoms with E-state index in [1.54, 1.807) is 0 Å². The number of fused-ring (bicyclic) bond motifs is 12. The number of nitrogens with zero attached hydrogens (tertiary/aromatic N) is 4. The van der Waals surface area contributed by atoms with E-state index < -0.39 is 0 Å². The average Bonchev–Trinajstić information content (AvgIpc) is 3.68. The maximum absolute atomic E-state index is 6.23. The van der Waals surface area contributed by atoms with Gasteiger partial charge in [-0.3, -0.25) is 19.9 Å². The van der Waals surface area contributed by atoms with E-state index >= 15 is 0 Å². The summed E-state index contributed by atoms with van der Waals surface area (Å²) in [5.74, 6) is 0. The van der Waals surface area contributed by atoms with Gasteiger partial charge in [-0.1, -0.05) is 194 Å². The SMILES string of the molecule is CC1(C)OB(c2ccc(-c3ccc4c(ccc5ccccc54)c3)cc2)OC1(C)C.Cc1ccc2ccc3c(-c4ccc(-c5ccc6c(ccc7ccccc76)c5)cc4)cc(C)nc3c2n1.Cc1ccc2ccc3c(Cl)cc(C)nc3c2n1. The van der Waals surface area contributed by atoms with Gasteiger partial charge in [0.05, 0.1) is 38.3 Å². The van der Waals surface area contributed by atoms with Crippen molar-refractivity contribution in [2.75, 3.05) is 0 Å². The molecule has 0 aliphatic carbocycles. The van der Waals surface area contributed by atoms with Gasteiger partial charge in [0.25, 0.3) is 0 Å². The van der Waals surface area contributed by atoms with Gasteiger partial charge in [0.2, 0.25) is 0 Å². The molecule has 0 amide bonds. The van der Waals surface area contributed by atoms with Crippen molar-refractivity contribution >= 4 is 111 Å². The molecule has 10 aromatic carbocycles. The molecule has 1 aliphatic heterocycles. The van der Waals surface area contributed by atoms with Gasteiger partial charge in [0.1, 0.15) is 0 Å². The van der Waals surface area contributed by atoms with E-state index in [1.165, 1.54) is 76.5 Å². The highest BCUT2D eigenvalue weighted by atomic mass is 35.5. The largest absolute Gasteiger partial charge is 0.494 e. The lowest BCUT2D eigenvalue weighted by molar-refractivity contribution is 0.00578. The molecule has 0 unspecified atom stereocenters. The second-order valence-corrected chi connectivity index (χ2v) is 23.2. The normalized spacial score (nSPS) is 13.7. The van der Waals surface area contributed by atoms with E-state index in [0.717, 1.165) is 76.9 Å². The Morgan fingerprint density at radius 1 is 0.317 bits per heavy atom. The van der Waals surface area contributed by atoms with E-state index in [4.69, 9.17) is 30.9 Å². The summed E-state index contributed by atoms with van der Waals surface area (Å²) in [5, 5.41) is 15.3. The fourth-order valence-corrected chi connectivity index (χ4v) is 11.7. The van der Waals surface area contributed by atoms with Crippen LogP contribution in [-0.2, 0) is 9.31 Å². The van der Waals surface area contributed by atoms with Crippen molar-refractivity contribution in [3.63, 3.8) is 0 Å². The van der Waals surface area contributed by atoms with Crippen LogP contribution < -0.4 is 5.46 Å². The Hall–Kier alpha value is -8.85. The van der Waals surface area contributed by atoms with Crippen molar-refractivity contribution in [3.8, 4) is 33.4 Å². The first kappa shape index (κ1) is 52.5. The maximum Gasteiger partial charge on any atom is 0.494 e. The van der Waals surface area contributed by atoms with Crippen LogP contribution in [0.15, 0.2) is 218 Å². The quantitative estimate of drug-likeness (QED) is 0.129. The summed E-state index contributed by atoms with van der Waals surface area (Å²) < 4.78 is 12.3. The molecule has 5 heterocycles. The first-order valence-corrected chi connectivity index (χ1v) is 28.4. The van der Waals surface area contributed by atoms with Crippen LogP contribution in [-0.4, -0.2) is 38.3 Å². The molecule has 0 bridgehead atoms. The van der Waals surface area contributed by atoms with Gasteiger partial charge in [-0.2, -0.15) is 0 Å². The van der Waals surface area contributed by atoms with Gasteiger partial charge in [-0.05, 0) is 174 Å². The molecule has 0 N–H and O–H groups in total. The van der Waals surface area contributed by atoms with Crippen LogP contribution in [0.4, 0.5) is 0 Å². The molecular weight excluding hydrogens is 1020 g/mol. The second-order valence-electron chi connectivity index (χ2n) is 22.8. The molecule has 4 aromatic heterocycles. The van der Waals surface area contributed by atoms with Gasteiger partial charge < -0.3 is 9.31 Å². The zero-order valence-corrected chi connectivity index (χ0v) is 48.1. The van der Waals surface area contributed by atoms with Crippen molar-refractivity contribution < 1.29 is 9.31 Å². The van der Waals surface area contributed by atoms with Crippen molar-refractivity contribution in [1.29, 1.82) is 0 Å². The Bertz CT molecular complexity index is 4810. The highest BCUT2D eigenvalue weighted by Crippen LogP contribution is 2.39. The zero-order chi connectivity index (χ0) is 56.4. The van der Waals surface area contributed by atoms with Crippen LogP contribution in [0.1, 0.15) is 50.5 Å². The van der Waals surface area contributed by atoms with Crippen LogP contribution in [0.2, 0.25) is 5.02 Å². The van der Waals surface area contributed by atoms with Gasteiger partial charge in [0, 0.05) is 44.3 Å². The van der Waals surface area contributed by atoms with Gasteiger partial charge in [0.15, 0.2) is 0 Å². The lowest BCUT2D eigenvalue weighted by Crippen LogP contribution is -2.41. The third-order valence-electron chi connectivity index (χ3n) is 16.6. The van der Waals surface area contributed by atoms with Crippen LogP contribution in [0, 0.1) is 27.7 Å². The number of benzene rings is 10. The molecule has 82 heavy (non-hydrogen) atoms. The summed E-state index contributed by atoms with van der Waals surface area (Å²) in [6.07, 6.45) is 0. The summed E-state index contributed by atoms with van der Waals surface area (Å²) in [6, 6.07) is 77.6. The van der Waals surface area contributed by atoms with E-state index in [9.17, 15) is 0 Å². The van der Waals surface area contributed by atoms with Crippen LogP contribution in [0.5, 0.6) is 0 Å². The molecule has 1 fully saturated rings. The van der Waals surface area contributed by atoms with Crippen LogP contribution in [0.3, 0.4) is 0 Å².